The lowest BCUT2D eigenvalue weighted by Gasteiger charge is -2.42. The van der Waals surface area contributed by atoms with Gasteiger partial charge in [-0.1, -0.05) is 6.07 Å². The highest BCUT2D eigenvalue weighted by molar-refractivity contribution is 5.83. The van der Waals surface area contributed by atoms with Gasteiger partial charge in [-0.25, -0.2) is 24.3 Å². The third-order valence-electron chi connectivity index (χ3n) is 6.77. The normalized spacial score (nSPS) is 15.3. The van der Waals surface area contributed by atoms with Crippen LogP contribution < -0.4 is 10.6 Å². The molecule has 3 N–H and O–H groups in total. The summed E-state index contributed by atoms with van der Waals surface area (Å²) < 4.78 is 15.0. The summed E-state index contributed by atoms with van der Waals surface area (Å²) >= 11 is 0. The fraction of sp³-hybridized carbons (Fsp3) is 0.429. The van der Waals surface area contributed by atoms with Crippen molar-refractivity contribution in [2.45, 2.75) is 52.7 Å². The molecule has 5 rings (SSSR count). The number of nitrogens with zero attached hydrogens (tertiary/aromatic N) is 6. The Labute approximate surface area is 222 Å². The first-order chi connectivity index (χ1) is 18.2. The number of hydrogen-bond donors (Lipinski definition) is 3. The molecular formula is C28H36FN9. The highest BCUT2D eigenvalue weighted by atomic mass is 19.1. The smallest absolute Gasteiger partial charge is 0.206 e. The lowest BCUT2D eigenvalue weighted by atomic mass is 10.0. The Morgan fingerprint density at radius 2 is 1.82 bits per heavy atom. The molecule has 0 atom stereocenters. The van der Waals surface area contributed by atoms with Crippen molar-refractivity contribution in [2.24, 2.45) is 0 Å². The maximum atomic E-state index is 15.0. The topological polar surface area (TPSA) is 97.9 Å². The van der Waals surface area contributed by atoms with Gasteiger partial charge in [0.25, 0.3) is 0 Å². The Hall–Kier alpha value is -3.63. The first-order valence-corrected chi connectivity index (χ1v) is 13.1. The van der Waals surface area contributed by atoms with Crippen LogP contribution in [0.5, 0.6) is 0 Å². The van der Waals surface area contributed by atoms with E-state index in [1.54, 1.807) is 0 Å². The zero-order valence-corrected chi connectivity index (χ0v) is 22.7. The highest BCUT2D eigenvalue weighted by Gasteiger charge is 2.25. The molecule has 38 heavy (non-hydrogen) atoms. The second-order valence-corrected chi connectivity index (χ2v) is 11.1. The second kappa shape index (κ2) is 10.6. The highest BCUT2D eigenvalue weighted by Crippen LogP contribution is 2.28. The Balaban J connectivity index is 1.28. The molecule has 4 aromatic rings. The summed E-state index contributed by atoms with van der Waals surface area (Å²) in [4.78, 5) is 25.6. The van der Waals surface area contributed by atoms with E-state index in [9.17, 15) is 0 Å². The van der Waals surface area contributed by atoms with Crippen LogP contribution in [0.25, 0.3) is 22.3 Å². The number of piperazine rings is 1. The van der Waals surface area contributed by atoms with E-state index in [2.05, 4.69) is 78.3 Å². The van der Waals surface area contributed by atoms with Gasteiger partial charge in [0.1, 0.15) is 17.8 Å². The number of benzene rings is 1. The molecule has 0 radical (unpaired) electrons. The van der Waals surface area contributed by atoms with Crippen molar-refractivity contribution in [2.75, 3.05) is 36.8 Å². The Morgan fingerprint density at radius 1 is 1.03 bits per heavy atom. The summed E-state index contributed by atoms with van der Waals surface area (Å²) in [6.07, 6.45) is 3.20. The standard InChI is InChI=1S/C28H36FN9/c1-18(2)33-26-24(29)25(31-17-32-26)20-6-7-21-22(15-20)35-27(34-21)36-23-14-19(8-9-30-23)16-37-10-12-38(13-11-37)28(3,4)5/h6-9,14-15,17-18H,10-13,16H2,1-5H3,(H,31,32,33)(H2,30,34,35,36). The van der Waals surface area contributed by atoms with Crippen molar-refractivity contribution in [1.82, 2.24) is 34.7 Å². The lowest BCUT2D eigenvalue weighted by molar-refractivity contribution is 0.0591. The van der Waals surface area contributed by atoms with E-state index in [1.807, 2.05) is 38.2 Å². The number of halogens is 1. The van der Waals surface area contributed by atoms with Gasteiger partial charge in [-0.15, -0.1) is 0 Å². The third-order valence-corrected chi connectivity index (χ3v) is 6.77. The molecule has 3 aromatic heterocycles. The number of nitrogens with one attached hydrogen (secondary N) is 3. The Morgan fingerprint density at radius 3 is 2.55 bits per heavy atom. The van der Waals surface area contributed by atoms with Gasteiger partial charge >= 0.3 is 0 Å². The molecule has 0 aliphatic carbocycles. The van der Waals surface area contributed by atoms with Crippen LogP contribution in [0.3, 0.4) is 0 Å². The molecule has 1 saturated heterocycles. The summed E-state index contributed by atoms with van der Waals surface area (Å²) in [5, 5.41) is 6.31. The number of imidazole rings is 1. The Kier molecular flexibility index (Phi) is 7.27. The van der Waals surface area contributed by atoms with Crippen molar-refractivity contribution in [3.8, 4) is 11.3 Å². The number of pyridine rings is 1. The predicted octanol–water partition coefficient (Wildman–Crippen LogP) is 5.03. The van der Waals surface area contributed by atoms with E-state index in [-0.39, 0.29) is 23.1 Å². The monoisotopic (exact) mass is 517 g/mol. The first kappa shape index (κ1) is 26.0. The fourth-order valence-electron chi connectivity index (χ4n) is 4.76. The van der Waals surface area contributed by atoms with E-state index in [4.69, 9.17) is 0 Å². The number of rotatable bonds is 7. The zero-order valence-electron chi connectivity index (χ0n) is 22.7. The SMILES string of the molecule is CC(C)Nc1ncnc(-c2ccc3nc(Nc4cc(CN5CCN(C(C)(C)C)CC5)ccn4)[nH]c3c2)c1F. The number of anilines is 3. The van der Waals surface area contributed by atoms with Gasteiger partial charge in [-0.05, 0) is 64.4 Å². The van der Waals surface area contributed by atoms with E-state index < -0.39 is 5.82 Å². The van der Waals surface area contributed by atoms with Crippen LogP contribution in [0.2, 0.25) is 0 Å². The summed E-state index contributed by atoms with van der Waals surface area (Å²) in [5.74, 6) is 1.02. The molecule has 1 aromatic carbocycles. The van der Waals surface area contributed by atoms with Crippen LogP contribution in [0.15, 0.2) is 42.9 Å². The predicted molar refractivity (Wildman–Crippen MR) is 150 cm³/mol. The minimum Gasteiger partial charge on any atom is -0.365 e. The van der Waals surface area contributed by atoms with Crippen molar-refractivity contribution in [3.05, 3.63) is 54.2 Å². The van der Waals surface area contributed by atoms with E-state index >= 15 is 4.39 Å². The number of aromatic nitrogens is 5. The zero-order chi connectivity index (χ0) is 26.9. The van der Waals surface area contributed by atoms with Crippen LogP contribution in [0, 0.1) is 5.82 Å². The summed E-state index contributed by atoms with van der Waals surface area (Å²) in [5.41, 5.74) is 3.84. The van der Waals surface area contributed by atoms with Gasteiger partial charge in [0, 0.05) is 56.1 Å². The van der Waals surface area contributed by atoms with Crippen LogP contribution in [0.4, 0.5) is 22.0 Å². The molecule has 1 aliphatic rings. The number of hydrogen-bond acceptors (Lipinski definition) is 8. The largest absolute Gasteiger partial charge is 0.365 e. The molecular weight excluding hydrogens is 481 g/mol. The molecule has 1 aliphatic heterocycles. The molecule has 0 bridgehead atoms. The third kappa shape index (κ3) is 5.92. The number of H-pyrrole nitrogens is 1. The van der Waals surface area contributed by atoms with Gasteiger partial charge in [0.15, 0.2) is 11.6 Å². The minimum absolute atomic E-state index is 0.0572. The summed E-state index contributed by atoms with van der Waals surface area (Å²) in [6, 6.07) is 9.69. The van der Waals surface area contributed by atoms with Gasteiger partial charge < -0.3 is 15.6 Å². The average Bonchev–Trinajstić information content (AvgIpc) is 3.26. The van der Waals surface area contributed by atoms with Crippen molar-refractivity contribution < 1.29 is 4.39 Å². The molecule has 1 fully saturated rings. The van der Waals surface area contributed by atoms with Crippen LogP contribution >= 0.6 is 0 Å². The van der Waals surface area contributed by atoms with Crippen LogP contribution in [-0.4, -0.2) is 72.5 Å². The van der Waals surface area contributed by atoms with Gasteiger partial charge in [0.2, 0.25) is 5.95 Å². The van der Waals surface area contributed by atoms with E-state index in [1.165, 1.54) is 11.9 Å². The molecule has 10 heteroatoms. The van der Waals surface area contributed by atoms with Crippen LogP contribution in [-0.2, 0) is 6.54 Å². The van der Waals surface area contributed by atoms with Gasteiger partial charge in [-0.2, -0.15) is 0 Å². The van der Waals surface area contributed by atoms with E-state index in [0.717, 1.165) is 49.6 Å². The minimum atomic E-state index is -0.473. The first-order valence-electron chi connectivity index (χ1n) is 13.1. The lowest BCUT2D eigenvalue weighted by Crippen LogP contribution is -2.53. The second-order valence-electron chi connectivity index (χ2n) is 11.1. The van der Waals surface area contributed by atoms with Crippen LogP contribution in [0.1, 0.15) is 40.2 Å². The maximum absolute atomic E-state index is 15.0. The fourth-order valence-corrected chi connectivity index (χ4v) is 4.76. The quantitative estimate of drug-likeness (QED) is 0.314. The molecule has 0 unspecified atom stereocenters. The number of aromatic amines is 1. The van der Waals surface area contributed by atoms with E-state index in [0.29, 0.717) is 11.5 Å². The average molecular weight is 518 g/mol. The van der Waals surface area contributed by atoms with Crippen molar-refractivity contribution in [3.63, 3.8) is 0 Å². The molecule has 0 amide bonds. The van der Waals surface area contributed by atoms with Crippen molar-refractivity contribution in [1.29, 1.82) is 0 Å². The molecule has 200 valence electrons. The molecule has 0 saturated carbocycles. The summed E-state index contributed by atoms with van der Waals surface area (Å²) in [7, 11) is 0. The maximum Gasteiger partial charge on any atom is 0.206 e. The molecule has 0 spiro atoms. The van der Waals surface area contributed by atoms with Crippen molar-refractivity contribution >= 4 is 28.6 Å². The number of fused-ring (bicyclic) bond motifs is 1. The Bertz CT molecular complexity index is 1400. The summed E-state index contributed by atoms with van der Waals surface area (Å²) in [6.45, 7) is 15.8. The van der Waals surface area contributed by atoms with Gasteiger partial charge in [0.05, 0.1) is 11.0 Å². The molecule has 9 nitrogen and oxygen atoms in total. The van der Waals surface area contributed by atoms with Gasteiger partial charge in [-0.3, -0.25) is 9.80 Å². The molecule has 4 heterocycles.